The van der Waals surface area contributed by atoms with E-state index in [1.165, 1.54) is 18.2 Å². The van der Waals surface area contributed by atoms with Gasteiger partial charge in [-0.2, -0.15) is 0 Å². The predicted molar refractivity (Wildman–Crippen MR) is 154 cm³/mol. The van der Waals surface area contributed by atoms with Gasteiger partial charge >= 0.3 is 6.03 Å². The van der Waals surface area contributed by atoms with Crippen molar-refractivity contribution >= 4 is 33.4 Å². The molecule has 3 amide bonds. The number of carbonyl (C=O) groups excluding carboxylic acids is 2. The zero-order chi connectivity index (χ0) is 29.0. The van der Waals surface area contributed by atoms with Crippen molar-refractivity contribution < 1.29 is 22.7 Å². The largest absolute Gasteiger partial charge is 0.398 e. The Balaban J connectivity index is 1.80. The number of morpholine rings is 1. The average molecular weight is 572 g/mol. The first-order chi connectivity index (χ1) is 19.2. The van der Waals surface area contributed by atoms with Crippen LogP contribution in [-0.2, 0) is 25.8 Å². The number of nitrogens with one attached hydrogen (secondary N) is 2. The first kappa shape index (κ1) is 30.4. The molecule has 1 aliphatic rings. The van der Waals surface area contributed by atoms with Gasteiger partial charge in [-0.05, 0) is 37.0 Å². The van der Waals surface area contributed by atoms with E-state index in [2.05, 4.69) is 15.6 Å². The Morgan fingerprint density at radius 2 is 1.70 bits per heavy atom. The van der Waals surface area contributed by atoms with E-state index < -0.39 is 27.8 Å². The van der Waals surface area contributed by atoms with Gasteiger partial charge in [0.15, 0.2) is 5.96 Å². The molecule has 0 radical (unpaired) electrons. The number of aliphatic imine (C=N–C) groups is 1. The summed E-state index contributed by atoms with van der Waals surface area (Å²) in [5, 5.41) is 6.74. The quantitative estimate of drug-likeness (QED) is 0.106. The minimum Gasteiger partial charge on any atom is -0.398 e. The van der Waals surface area contributed by atoms with Gasteiger partial charge < -0.3 is 37.5 Å². The Kier molecular flexibility index (Phi) is 11.3. The van der Waals surface area contributed by atoms with Crippen molar-refractivity contribution in [2.75, 3.05) is 38.6 Å². The molecule has 0 aliphatic carbocycles. The molecule has 2 aromatic carbocycles. The Morgan fingerprint density at radius 3 is 2.38 bits per heavy atom. The second kappa shape index (κ2) is 14.9. The summed E-state index contributed by atoms with van der Waals surface area (Å²) < 4.78 is 31.3. The molecule has 1 aliphatic heterocycles. The lowest BCUT2D eigenvalue weighted by atomic mass is 10.0. The van der Waals surface area contributed by atoms with Crippen LogP contribution in [0.3, 0.4) is 0 Å². The molecule has 0 saturated carbocycles. The molecule has 1 saturated heterocycles. The standard InChI is InChI=1S/C27H37N7O5S/c28-22-9-4-5-11-24(22)40(37,38)18-12-21(19-20-7-2-1-3-8-20)32-25(35)23(10-6-13-31-26(29)30)33-27(36)34-14-16-39-17-15-34/h1-5,7-9,11-12,18,21,23H,6,10,13-17,19,28H2,(H,32,35)(H,33,36)(H4,29,30,31)/t21-,23+/m1/s1. The van der Waals surface area contributed by atoms with E-state index in [4.69, 9.17) is 21.9 Å². The number of nitrogen functional groups attached to an aromatic ring is 1. The topological polar surface area (TPSA) is 195 Å². The molecule has 0 spiro atoms. The van der Waals surface area contributed by atoms with Gasteiger partial charge in [0.25, 0.3) is 0 Å². The molecule has 1 heterocycles. The highest BCUT2D eigenvalue weighted by Gasteiger charge is 2.26. The second-order valence-electron chi connectivity index (χ2n) is 9.27. The molecule has 13 heteroatoms. The number of ether oxygens (including phenoxy) is 1. The molecular formula is C27H37N7O5S. The fraction of sp³-hybridized carbons (Fsp3) is 0.370. The lowest BCUT2D eigenvalue weighted by Gasteiger charge is -2.29. The van der Waals surface area contributed by atoms with Gasteiger partial charge in [0.1, 0.15) is 6.04 Å². The Hall–Kier alpha value is -4.10. The molecule has 3 rings (SSSR count). The summed E-state index contributed by atoms with van der Waals surface area (Å²) in [6.07, 6.45) is 2.44. The van der Waals surface area contributed by atoms with Crippen LogP contribution in [0.25, 0.3) is 0 Å². The molecule has 0 aromatic heterocycles. The molecule has 12 nitrogen and oxygen atoms in total. The number of rotatable bonds is 12. The van der Waals surface area contributed by atoms with Crippen molar-refractivity contribution in [3.63, 3.8) is 0 Å². The Bertz CT molecular complexity index is 1290. The number of nitrogens with zero attached hydrogens (tertiary/aromatic N) is 2. The molecule has 0 unspecified atom stereocenters. The van der Waals surface area contributed by atoms with E-state index in [-0.39, 0.29) is 35.5 Å². The van der Waals surface area contributed by atoms with Crippen molar-refractivity contribution in [3.05, 3.63) is 71.6 Å². The van der Waals surface area contributed by atoms with Gasteiger partial charge in [-0.25, -0.2) is 13.2 Å². The second-order valence-corrected chi connectivity index (χ2v) is 11.1. The van der Waals surface area contributed by atoms with E-state index in [1.807, 2.05) is 30.3 Å². The number of nitrogens with two attached hydrogens (primary N) is 3. The summed E-state index contributed by atoms with van der Waals surface area (Å²) in [4.78, 5) is 31.9. The minimum atomic E-state index is -3.88. The van der Waals surface area contributed by atoms with Crippen LogP contribution in [0.2, 0.25) is 0 Å². The number of urea groups is 1. The highest BCUT2D eigenvalue weighted by Crippen LogP contribution is 2.20. The number of anilines is 1. The van der Waals surface area contributed by atoms with E-state index in [1.54, 1.807) is 17.0 Å². The summed E-state index contributed by atoms with van der Waals surface area (Å²) in [5.41, 5.74) is 17.7. The lowest BCUT2D eigenvalue weighted by Crippen LogP contribution is -2.54. The number of amides is 3. The summed E-state index contributed by atoms with van der Waals surface area (Å²) >= 11 is 0. The third kappa shape index (κ3) is 9.58. The number of guanidine groups is 1. The van der Waals surface area contributed by atoms with Gasteiger partial charge in [0.2, 0.25) is 15.7 Å². The SMILES string of the molecule is NC(N)=NCCC[C@H](NC(=O)N1CCOCC1)C(=O)N[C@H](C=CS(=O)(=O)c1ccccc1N)Cc1ccccc1. The third-order valence-electron chi connectivity index (χ3n) is 6.20. The summed E-state index contributed by atoms with van der Waals surface area (Å²) in [5.74, 6) is -0.528. The first-order valence-corrected chi connectivity index (χ1v) is 14.5. The van der Waals surface area contributed by atoms with Gasteiger partial charge in [-0.1, -0.05) is 48.5 Å². The van der Waals surface area contributed by atoms with Crippen molar-refractivity contribution in [2.24, 2.45) is 16.5 Å². The fourth-order valence-corrected chi connectivity index (χ4v) is 5.32. The third-order valence-corrected chi connectivity index (χ3v) is 7.70. The lowest BCUT2D eigenvalue weighted by molar-refractivity contribution is -0.123. The monoisotopic (exact) mass is 571 g/mol. The van der Waals surface area contributed by atoms with Crippen molar-refractivity contribution in [1.82, 2.24) is 15.5 Å². The van der Waals surface area contributed by atoms with Crippen LogP contribution in [0.5, 0.6) is 0 Å². The van der Waals surface area contributed by atoms with Crippen LogP contribution in [-0.4, -0.2) is 76.1 Å². The molecule has 2 atom stereocenters. The van der Waals surface area contributed by atoms with Gasteiger partial charge in [0.05, 0.1) is 29.8 Å². The smallest absolute Gasteiger partial charge is 0.318 e. The van der Waals surface area contributed by atoms with Crippen LogP contribution in [0.1, 0.15) is 18.4 Å². The normalized spacial score (nSPS) is 15.2. The minimum absolute atomic E-state index is 0.0218. The zero-order valence-electron chi connectivity index (χ0n) is 22.2. The molecule has 216 valence electrons. The molecule has 1 fully saturated rings. The van der Waals surface area contributed by atoms with Crippen LogP contribution in [0.15, 0.2) is 76.0 Å². The Morgan fingerprint density at radius 1 is 1.02 bits per heavy atom. The molecule has 2 aromatic rings. The maximum absolute atomic E-state index is 13.5. The van der Waals surface area contributed by atoms with Crippen LogP contribution in [0.4, 0.5) is 10.5 Å². The number of carbonyl (C=O) groups is 2. The van der Waals surface area contributed by atoms with Gasteiger partial charge in [-0.3, -0.25) is 9.79 Å². The van der Waals surface area contributed by atoms with E-state index >= 15 is 0 Å². The molecule has 40 heavy (non-hydrogen) atoms. The summed E-state index contributed by atoms with van der Waals surface area (Å²) in [6.45, 7) is 1.93. The number of para-hydroxylation sites is 1. The maximum atomic E-state index is 13.5. The molecule has 0 bridgehead atoms. The van der Waals surface area contributed by atoms with E-state index in [0.29, 0.717) is 39.1 Å². The van der Waals surface area contributed by atoms with Crippen LogP contribution >= 0.6 is 0 Å². The number of hydrogen-bond acceptors (Lipinski definition) is 7. The fourth-order valence-electron chi connectivity index (χ4n) is 4.11. The van der Waals surface area contributed by atoms with Crippen LogP contribution < -0.4 is 27.8 Å². The predicted octanol–water partition coefficient (Wildman–Crippen LogP) is 0.748. The summed E-state index contributed by atoms with van der Waals surface area (Å²) in [7, 11) is -3.88. The van der Waals surface area contributed by atoms with E-state index in [0.717, 1.165) is 11.0 Å². The first-order valence-electron chi connectivity index (χ1n) is 13.0. The van der Waals surface area contributed by atoms with Crippen molar-refractivity contribution in [2.45, 2.75) is 36.2 Å². The Labute approximate surface area is 234 Å². The molecule has 8 N–H and O–H groups in total. The highest BCUT2D eigenvalue weighted by molar-refractivity contribution is 7.94. The highest BCUT2D eigenvalue weighted by atomic mass is 32.2. The van der Waals surface area contributed by atoms with E-state index in [9.17, 15) is 18.0 Å². The number of hydrogen-bond donors (Lipinski definition) is 5. The average Bonchev–Trinajstić information content (AvgIpc) is 2.94. The maximum Gasteiger partial charge on any atom is 0.318 e. The molecular weight excluding hydrogens is 534 g/mol. The number of sulfone groups is 1. The van der Waals surface area contributed by atoms with Gasteiger partial charge in [-0.15, -0.1) is 0 Å². The van der Waals surface area contributed by atoms with Gasteiger partial charge in [0, 0.05) is 25.0 Å². The van der Waals surface area contributed by atoms with Crippen molar-refractivity contribution in [1.29, 1.82) is 0 Å². The zero-order valence-corrected chi connectivity index (χ0v) is 23.1. The number of benzene rings is 2. The van der Waals surface area contributed by atoms with Crippen molar-refractivity contribution in [3.8, 4) is 0 Å². The van der Waals surface area contributed by atoms with Crippen LogP contribution in [0, 0.1) is 0 Å². The summed E-state index contributed by atoms with van der Waals surface area (Å²) in [6, 6.07) is 13.5.